The van der Waals surface area contributed by atoms with Gasteiger partial charge in [0.15, 0.2) is 0 Å². The Morgan fingerprint density at radius 2 is 1.92 bits per heavy atom. The molecule has 0 aliphatic rings. The van der Waals surface area contributed by atoms with Crippen LogP contribution >= 0.6 is 23.2 Å². The molecule has 0 aliphatic heterocycles. The maximum absolute atomic E-state index is 11.7. The molecule has 0 bridgehead atoms. The second-order valence-electron chi connectivity index (χ2n) is 1.95. The molecule has 1 rings (SSSR count). The Hall–Kier alpha value is -0.540. The van der Waals surface area contributed by atoms with Gasteiger partial charge in [0.25, 0.3) is 0 Å². The van der Waals surface area contributed by atoms with Crippen LogP contribution in [0.4, 0.5) is 8.78 Å². The van der Waals surface area contributed by atoms with E-state index in [0.29, 0.717) is 5.02 Å². The highest BCUT2D eigenvalue weighted by Gasteiger charge is 2.08. The van der Waals surface area contributed by atoms with Gasteiger partial charge in [-0.1, -0.05) is 23.2 Å². The minimum Gasteiger partial charge on any atom is -0.433 e. The molecule has 0 amide bonds. The lowest BCUT2D eigenvalue weighted by atomic mass is 10.3. The van der Waals surface area contributed by atoms with Crippen molar-refractivity contribution in [1.82, 2.24) is 0 Å². The van der Waals surface area contributed by atoms with Crippen LogP contribution in [-0.4, -0.2) is 6.61 Å². The highest BCUT2D eigenvalue weighted by atomic mass is 35.5. The lowest BCUT2D eigenvalue weighted by molar-refractivity contribution is -0.0497. The number of benzene rings is 1. The van der Waals surface area contributed by atoms with Crippen LogP contribution in [0, 0.1) is 0 Å². The molecule has 66 valence electrons. The number of alkyl halides is 2. The first-order chi connectivity index (χ1) is 5.59. The molecule has 0 aromatic heterocycles. The average molecular weight is 213 g/mol. The van der Waals surface area contributed by atoms with Crippen molar-refractivity contribution in [2.24, 2.45) is 0 Å². The fourth-order valence-corrected chi connectivity index (χ4v) is 0.988. The summed E-state index contributed by atoms with van der Waals surface area (Å²) in [6, 6.07) is 4.11. The Labute approximate surface area is 77.8 Å². The fourth-order valence-electron chi connectivity index (χ4n) is 0.663. The summed E-state index contributed by atoms with van der Waals surface area (Å²) in [5.74, 6) is -0.112. The maximum atomic E-state index is 11.7. The van der Waals surface area contributed by atoms with Crippen LogP contribution in [0.15, 0.2) is 18.2 Å². The molecular formula is C7H4Cl2F2O. The fraction of sp³-hybridized carbons (Fsp3) is 0.143. The molecular weight excluding hydrogens is 209 g/mol. The molecule has 1 nitrogen and oxygen atoms in total. The molecule has 0 spiro atoms. The van der Waals surface area contributed by atoms with E-state index in [9.17, 15) is 8.78 Å². The largest absolute Gasteiger partial charge is 0.433 e. The molecule has 0 radical (unpaired) electrons. The van der Waals surface area contributed by atoms with E-state index in [1.807, 2.05) is 0 Å². The molecule has 0 N–H and O–H groups in total. The maximum Gasteiger partial charge on any atom is 0.387 e. The Kier molecular flexibility index (Phi) is 3.12. The molecule has 0 unspecified atom stereocenters. The van der Waals surface area contributed by atoms with E-state index in [2.05, 4.69) is 4.74 Å². The van der Waals surface area contributed by atoms with Gasteiger partial charge in [-0.2, -0.15) is 8.78 Å². The van der Waals surface area contributed by atoms with Crippen molar-refractivity contribution in [1.29, 1.82) is 0 Å². The van der Waals surface area contributed by atoms with Crippen molar-refractivity contribution in [2.75, 3.05) is 0 Å². The third kappa shape index (κ3) is 2.50. The van der Waals surface area contributed by atoms with Gasteiger partial charge >= 0.3 is 6.61 Å². The SMILES string of the molecule is FC(F)Oc1cc(Cl)ccc1Cl. The van der Waals surface area contributed by atoms with E-state index in [-0.39, 0.29) is 10.8 Å². The van der Waals surface area contributed by atoms with Crippen LogP contribution in [0.2, 0.25) is 10.0 Å². The van der Waals surface area contributed by atoms with Gasteiger partial charge < -0.3 is 4.74 Å². The highest BCUT2D eigenvalue weighted by Crippen LogP contribution is 2.28. The van der Waals surface area contributed by atoms with Gasteiger partial charge in [0, 0.05) is 11.1 Å². The highest BCUT2D eigenvalue weighted by molar-refractivity contribution is 6.34. The van der Waals surface area contributed by atoms with Crippen LogP contribution < -0.4 is 4.74 Å². The molecule has 0 saturated heterocycles. The average Bonchev–Trinajstić information content (AvgIpc) is 1.96. The molecule has 1 aromatic rings. The summed E-state index contributed by atoms with van der Waals surface area (Å²) >= 11 is 11.0. The summed E-state index contributed by atoms with van der Waals surface area (Å²) in [5, 5.41) is 0.412. The van der Waals surface area contributed by atoms with Crippen LogP contribution in [0.3, 0.4) is 0 Å². The van der Waals surface area contributed by atoms with Gasteiger partial charge in [-0.15, -0.1) is 0 Å². The monoisotopic (exact) mass is 212 g/mol. The first kappa shape index (κ1) is 9.55. The summed E-state index contributed by atoms with van der Waals surface area (Å²) in [7, 11) is 0. The summed E-state index contributed by atoms with van der Waals surface area (Å²) in [6.07, 6.45) is 0. The van der Waals surface area contributed by atoms with Gasteiger partial charge in [-0.3, -0.25) is 0 Å². The number of ether oxygens (including phenoxy) is 1. The summed E-state index contributed by atoms with van der Waals surface area (Å²) in [4.78, 5) is 0. The lowest BCUT2D eigenvalue weighted by Crippen LogP contribution is -2.02. The Bertz CT molecular complexity index is 278. The van der Waals surface area contributed by atoms with Crippen molar-refractivity contribution >= 4 is 23.2 Å². The second-order valence-corrected chi connectivity index (χ2v) is 2.80. The van der Waals surface area contributed by atoms with E-state index in [0.717, 1.165) is 0 Å². The number of rotatable bonds is 2. The molecule has 0 fully saturated rings. The molecule has 0 aliphatic carbocycles. The van der Waals surface area contributed by atoms with Crippen molar-refractivity contribution in [2.45, 2.75) is 6.61 Å². The van der Waals surface area contributed by atoms with E-state index >= 15 is 0 Å². The van der Waals surface area contributed by atoms with Crippen LogP contribution in [0.1, 0.15) is 0 Å². The van der Waals surface area contributed by atoms with E-state index in [1.54, 1.807) is 0 Å². The van der Waals surface area contributed by atoms with Crippen LogP contribution in [0.5, 0.6) is 5.75 Å². The first-order valence-corrected chi connectivity index (χ1v) is 3.75. The Balaban J connectivity index is 2.90. The Morgan fingerprint density at radius 1 is 1.25 bits per heavy atom. The molecule has 0 heterocycles. The van der Waals surface area contributed by atoms with Crippen LogP contribution in [0.25, 0.3) is 0 Å². The van der Waals surface area contributed by atoms with Crippen molar-refractivity contribution in [3.8, 4) is 5.75 Å². The standard InChI is InChI=1S/C7H4Cl2F2O/c8-4-1-2-5(9)6(3-4)12-7(10)11/h1-3,7H. The summed E-state index contributed by atoms with van der Waals surface area (Å²) in [5.41, 5.74) is 0. The van der Waals surface area contributed by atoms with Crippen LogP contribution in [-0.2, 0) is 0 Å². The number of hydrogen-bond acceptors (Lipinski definition) is 1. The van der Waals surface area contributed by atoms with Gasteiger partial charge in [0.2, 0.25) is 0 Å². The van der Waals surface area contributed by atoms with E-state index in [1.165, 1.54) is 18.2 Å². The van der Waals surface area contributed by atoms with Crippen molar-refractivity contribution in [3.63, 3.8) is 0 Å². The second kappa shape index (κ2) is 3.92. The molecule has 0 atom stereocenters. The smallest absolute Gasteiger partial charge is 0.387 e. The number of hydrogen-bond donors (Lipinski definition) is 0. The molecule has 1 aromatic carbocycles. The molecule has 12 heavy (non-hydrogen) atoms. The molecule has 0 saturated carbocycles. The first-order valence-electron chi connectivity index (χ1n) is 2.99. The molecule has 5 heteroatoms. The van der Waals surface area contributed by atoms with Crippen molar-refractivity contribution < 1.29 is 13.5 Å². The normalized spacial score (nSPS) is 10.4. The van der Waals surface area contributed by atoms with E-state index in [4.69, 9.17) is 23.2 Å². The van der Waals surface area contributed by atoms with Gasteiger partial charge in [-0.25, -0.2) is 0 Å². The summed E-state index contributed by atoms with van der Waals surface area (Å²) in [6.45, 7) is -2.89. The van der Waals surface area contributed by atoms with E-state index < -0.39 is 6.61 Å². The zero-order valence-corrected chi connectivity index (χ0v) is 7.24. The predicted molar refractivity (Wildman–Crippen MR) is 43.1 cm³/mol. The quantitative estimate of drug-likeness (QED) is 0.729. The van der Waals surface area contributed by atoms with Gasteiger partial charge in [-0.05, 0) is 12.1 Å². The third-order valence-corrected chi connectivity index (χ3v) is 1.66. The minimum absolute atomic E-state index is 0.111. The van der Waals surface area contributed by atoms with Gasteiger partial charge in [0.05, 0.1) is 5.02 Å². The lowest BCUT2D eigenvalue weighted by Gasteiger charge is -2.05. The third-order valence-electron chi connectivity index (χ3n) is 1.11. The zero-order chi connectivity index (χ0) is 9.14. The van der Waals surface area contributed by atoms with Gasteiger partial charge in [0.1, 0.15) is 5.75 Å². The Morgan fingerprint density at radius 3 is 2.50 bits per heavy atom. The zero-order valence-electron chi connectivity index (χ0n) is 5.73. The number of halogens is 4. The summed E-state index contributed by atoms with van der Waals surface area (Å²) < 4.78 is 27.5. The minimum atomic E-state index is -2.89. The van der Waals surface area contributed by atoms with Crippen molar-refractivity contribution in [3.05, 3.63) is 28.2 Å². The predicted octanol–water partition coefficient (Wildman–Crippen LogP) is 3.59. The topological polar surface area (TPSA) is 9.23 Å².